The molecule has 1 aromatic heterocycles. The number of hydrogen-bond donors (Lipinski definition) is 2. The Morgan fingerprint density at radius 3 is 2.76 bits per heavy atom. The number of carbonyl (C=O) groups excluding carboxylic acids is 1. The minimum atomic E-state index is -0.567. The first kappa shape index (κ1) is 20.6. The van der Waals surface area contributed by atoms with Crippen molar-refractivity contribution >= 4 is 17.6 Å². The van der Waals surface area contributed by atoms with Crippen LogP contribution >= 0.6 is 0 Å². The van der Waals surface area contributed by atoms with Crippen molar-refractivity contribution in [3.8, 4) is 0 Å². The molecule has 156 valence electrons. The number of furan rings is 1. The molecule has 29 heavy (non-hydrogen) atoms. The van der Waals surface area contributed by atoms with E-state index in [4.69, 9.17) is 9.15 Å². The van der Waals surface area contributed by atoms with Gasteiger partial charge in [0, 0.05) is 26.2 Å². The quantitative estimate of drug-likeness (QED) is 0.452. The molecule has 2 heterocycles. The van der Waals surface area contributed by atoms with Gasteiger partial charge in [-0.15, -0.1) is 0 Å². The minimum Gasteiger partial charge on any atom is -0.465 e. The topological polar surface area (TPSA) is 79.1 Å². The SMILES string of the molecule is CN=C(NCc1cc(C(=O)OC)c(C)o1)NC1CCN(c2c(F)cccc2F)C1. The standard InChI is InChI=1S/C20H24F2N4O3/c1-12-15(19(27)28-3)9-14(29-12)10-24-20(23-2)25-13-7-8-26(11-13)18-16(21)5-4-6-17(18)22/h4-6,9,13H,7-8,10-11H2,1-3H3,(H2,23,24,25). The normalized spacial score (nSPS) is 16.8. The van der Waals surface area contributed by atoms with Crippen molar-refractivity contribution in [2.24, 2.45) is 4.99 Å². The van der Waals surface area contributed by atoms with Crippen LogP contribution in [0, 0.1) is 18.6 Å². The first-order valence-electron chi connectivity index (χ1n) is 9.26. The molecule has 0 radical (unpaired) electrons. The zero-order chi connectivity index (χ0) is 21.0. The summed E-state index contributed by atoms with van der Waals surface area (Å²) in [5.41, 5.74) is 0.381. The van der Waals surface area contributed by atoms with Crippen molar-refractivity contribution in [1.29, 1.82) is 0 Å². The molecule has 9 heteroatoms. The molecule has 0 amide bonds. The van der Waals surface area contributed by atoms with Crippen LogP contribution in [0.3, 0.4) is 0 Å². The molecular formula is C20H24F2N4O3. The second kappa shape index (κ2) is 8.93. The van der Waals surface area contributed by atoms with Crippen LogP contribution in [-0.4, -0.2) is 45.2 Å². The molecule has 0 bridgehead atoms. The van der Waals surface area contributed by atoms with Gasteiger partial charge in [-0.2, -0.15) is 0 Å². The van der Waals surface area contributed by atoms with Crippen molar-refractivity contribution in [2.75, 3.05) is 32.1 Å². The van der Waals surface area contributed by atoms with E-state index in [0.29, 0.717) is 49.1 Å². The third-order valence-electron chi connectivity index (χ3n) is 4.81. The number of carbonyl (C=O) groups is 1. The molecule has 1 aliphatic heterocycles. The number of methoxy groups -OCH3 is 1. The van der Waals surface area contributed by atoms with E-state index in [9.17, 15) is 13.6 Å². The highest BCUT2D eigenvalue weighted by atomic mass is 19.1. The summed E-state index contributed by atoms with van der Waals surface area (Å²) in [6, 6.07) is 5.47. The summed E-state index contributed by atoms with van der Waals surface area (Å²) >= 11 is 0. The van der Waals surface area contributed by atoms with Crippen molar-refractivity contribution in [3.63, 3.8) is 0 Å². The van der Waals surface area contributed by atoms with Crippen LogP contribution in [0.1, 0.15) is 28.3 Å². The number of aryl methyl sites for hydroxylation is 1. The highest BCUT2D eigenvalue weighted by molar-refractivity contribution is 5.90. The smallest absolute Gasteiger partial charge is 0.341 e. The first-order chi connectivity index (χ1) is 13.9. The molecule has 0 saturated carbocycles. The minimum absolute atomic E-state index is 0.00106. The van der Waals surface area contributed by atoms with E-state index in [1.807, 2.05) is 0 Å². The van der Waals surface area contributed by atoms with Gasteiger partial charge in [-0.1, -0.05) is 6.07 Å². The van der Waals surface area contributed by atoms with Crippen molar-refractivity contribution in [3.05, 3.63) is 53.0 Å². The van der Waals surface area contributed by atoms with Gasteiger partial charge in [-0.05, 0) is 31.5 Å². The van der Waals surface area contributed by atoms with E-state index in [2.05, 4.69) is 15.6 Å². The van der Waals surface area contributed by atoms with Crippen molar-refractivity contribution in [2.45, 2.75) is 25.9 Å². The number of para-hydroxylation sites is 1. The first-order valence-corrected chi connectivity index (χ1v) is 9.26. The van der Waals surface area contributed by atoms with Crippen LogP contribution in [0.2, 0.25) is 0 Å². The van der Waals surface area contributed by atoms with E-state index < -0.39 is 17.6 Å². The number of nitrogens with zero attached hydrogens (tertiary/aromatic N) is 2. The summed E-state index contributed by atoms with van der Waals surface area (Å²) in [5, 5.41) is 6.36. The van der Waals surface area contributed by atoms with E-state index in [1.54, 1.807) is 24.9 Å². The number of aliphatic imine (C=N–C) groups is 1. The van der Waals surface area contributed by atoms with E-state index in [0.717, 1.165) is 0 Å². The van der Waals surface area contributed by atoms with Crippen LogP contribution in [0.25, 0.3) is 0 Å². The maximum atomic E-state index is 14.0. The molecule has 1 aliphatic rings. The number of guanidine groups is 1. The zero-order valence-corrected chi connectivity index (χ0v) is 16.6. The van der Waals surface area contributed by atoms with Gasteiger partial charge >= 0.3 is 5.97 Å². The number of anilines is 1. The molecule has 1 atom stereocenters. The fraction of sp³-hybridized carbons (Fsp3) is 0.400. The third-order valence-corrected chi connectivity index (χ3v) is 4.81. The van der Waals surface area contributed by atoms with Gasteiger partial charge in [0.1, 0.15) is 34.4 Å². The Balaban J connectivity index is 1.57. The molecule has 0 aliphatic carbocycles. The van der Waals surface area contributed by atoms with Gasteiger partial charge in [-0.3, -0.25) is 4.99 Å². The Hall–Kier alpha value is -3.10. The summed E-state index contributed by atoms with van der Waals surface area (Å²) in [5.74, 6) is -0.0151. The van der Waals surface area contributed by atoms with Crippen molar-refractivity contribution < 1.29 is 22.7 Å². The maximum absolute atomic E-state index is 14.0. The van der Waals surface area contributed by atoms with Gasteiger partial charge in [0.2, 0.25) is 0 Å². The lowest BCUT2D eigenvalue weighted by molar-refractivity contribution is 0.0599. The fourth-order valence-corrected chi connectivity index (χ4v) is 3.37. The molecule has 1 unspecified atom stereocenters. The number of hydrogen-bond acceptors (Lipinski definition) is 5. The number of halogens is 2. The summed E-state index contributed by atoms with van der Waals surface area (Å²) in [4.78, 5) is 17.5. The Bertz CT molecular complexity index is 893. The van der Waals surface area contributed by atoms with E-state index in [1.165, 1.54) is 25.3 Å². The highest BCUT2D eigenvalue weighted by Crippen LogP contribution is 2.26. The third kappa shape index (κ3) is 4.67. The second-order valence-electron chi connectivity index (χ2n) is 6.75. The number of nitrogens with one attached hydrogen (secondary N) is 2. The monoisotopic (exact) mass is 406 g/mol. The average molecular weight is 406 g/mol. The van der Waals surface area contributed by atoms with Crippen LogP contribution < -0.4 is 15.5 Å². The van der Waals surface area contributed by atoms with E-state index >= 15 is 0 Å². The second-order valence-corrected chi connectivity index (χ2v) is 6.75. The summed E-state index contributed by atoms with van der Waals surface area (Å²) in [6.45, 7) is 2.99. The summed E-state index contributed by atoms with van der Waals surface area (Å²) in [7, 11) is 2.95. The van der Waals surface area contributed by atoms with Crippen LogP contribution in [0.15, 0.2) is 33.7 Å². The van der Waals surface area contributed by atoms with Crippen LogP contribution in [0.4, 0.5) is 14.5 Å². The molecule has 0 spiro atoms. The summed E-state index contributed by atoms with van der Waals surface area (Å²) in [6.07, 6.45) is 0.709. The molecule has 7 nitrogen and oxygen atoms in total. The molecule has 2 N–H and O–H groups in total. The molecule has 1 fully saturated rings. The number of benzene rings is 1. The maximum Gasteiger partial charge on any atom is 0.341 e. The van der Waals surface area contributed by atoms with Crippen LogP contribution in [0.5, 0.6) is 0 Å². The fourth-order valence-electron chi connectivity index (χ4n) is 3.37. The molecular weight excluding hydrogens is 382 g/mol. The zero-order valence-electron chi connectivity index (χ0n) is 16.6. The predicted molar refractivity (Wildman–Crippen MR) is 105 cm³/mol. The predicted octanol–water partition coefficient (Wildman–Crippen LogP) is 2.60. The van der Waals surface area contributed by atoms with E-state index in [-0.39, 0.29) is 11.7 Å². The molecule has 3 rings (SSSR count). The van der Waals surface area contributed by atoms with Crippen molar-refractivity contribution in [1.82, 2.24) is 10.6 Å². The highest BCUT2D eigenvalue weighted by Gasteiger charge is 2.27. The van der Waals surface area contributed by atoms with Crippen LogP contribution in [-0.2, 0) is 11.3 Å². The number of rotatable bonds is 5. The van der Waals surface area contributed by atoms with Gasteiger partial charge in [0.15, 0.2) is 5.96 Å². The Morgan fingerprint density at radius 1 is 1.38 bits per heavy atom. The molecule has 2 aromatic rings. The Kier molecular flexibility index (Phi) is 6.36. The Morgan fingerprint density at radius 2 is 2.10 bits per heavy atom. The van der Waals surface area contributed by atoms with Gasteiger partial charge in [0.25, 0.3) is 0 Å². The van der Waals surface area contributed by atoms with Gasteiger partial charge in [0.05, 0.1) is 13.7 Å². The number of esters is 1. The molecule has 1 aromatic carbocycles. The Labute approximate surface area is 167 Å². The van der Waals surface area contributed by atoms with Gasteiger partial charge < -0.3 is 24.7 Å². The lowest BCUT2D eigenvalue weighted by atomic mass is 10.2. The average Bonchev–Trinajstić information content (AvgIpc) is 3.30. The largest absolute Gasteiger partial charge is 0.465 e. The lowest BCUT2D eigenvalue weighted by Gasteiger charge is -2.21. The summed E-state index contributed by atoms with van der Waals surface area (Å²) < 4.78 is 38.3. The number of ether oxygens (including phenoxy) is 1. The molecule has 1 saturated heterocycles. The lowest BCUT2D eigenvalue weighted by Crippen LogP contribution is -2.44. The van der Waals surface area contributed by atoms with Gasteiger partial charge in [-0.25, -0.2) is 13.6 Å².